The number of hydrogen-bond donors (Lipinski definition) is 1. The van der Waals surface area contributed by atoms with E-state index in [1.807, 2.05) is 36.5 Å². The Hall–Kier alpha value is -3.22. The molecule has 3 aromatic rings. The van der Waals surface area contributed by atoms with Crippen LogP contribution in [-0.2, 0) is 12.0 Å². The lowest BCUT2D eigenvalue weighted by Crippen LogP contribution is -2.65. The molecule has 6 rings (SSSR count). The van der Waals surface area contributed by atoms with Crippen LogP contribution in [0.5, 0.6) is 5.75 Å². The molecule has 42 heavy (non-hydrogen) atoms. The quantitative estimate of drug-likeness (QED) is 0.415. The van der Waals surface area contributed by atoms with E-state index < -0.39 is 0 Å². The van der Waals surface area contributed by atoms with Crippen molar-refractivity contribution < 1.29 is 4.74 Å². The monoisotopic (exact) mass is 585 g/mol. The average Bonchev–Trinajstić information content (AvgIpc) is 3.00. The number of anilines is 1. The second-order valence-corrected chi connectivity index (χ2v) is 12.7. The van der Waals surface area contributed by atoms with Crippen LogP contribution in [0.25, 0.3) is 0 Å². The number of likely N-dealkylation sites (tertiary alicyclic amines) is 1. The Balaban J connectivity index is 1.00. The molecule has 3 fully saturated rings. The average molecular weight is 586 g/mol. The minimum atomic E-state index is -0.314. The van der Waals surface area contributed by atoms with Crippen molar-refractivity contribution in [3.63, 3.8) is 0 Å². The van der Waals surface area contributed by atoms with Gasteiger partial charge in [-0.1, -0.05) is 37.6 Å². The van der Waals surface area contributed by atoms with E-state index in [1.165, 1.54) is 25.9 Å². The van der Waals surface area contributed by atoms with Crippen LogP contribution in [0.15, 0.2) is 54.7 Å². The molecule has 0 radical (unpaired) electrons. The molecule has 3 aliphatic rings. The van der Waals surface area contributed by atoms with Gasteiger partial charge in [-0.3, -0.25) is 9.80 Å². The molecule has 0 spiro atoms. The van der Waals surface area contributed by atoms with Crippen molar-refractivity contribution in [2.24, 2.45) is 0 Å². The number of benzene rings is 2. The summed E-state index contributed by atoms with van der Waals surface area (Å²) in [6.07, 6.45) is 4.41. The maximum absolute atomic E-state index is 9.35. The smallest absolute Gasteiger partial charge is 0.225 e. The van der Waals surface area contributed by atoms with Crippen molar-refractivity contribution in [2.75, 3.05) is 57.3 Å². The van der Waals surface area contributed by atoms with E-state index in [-0.39, 0.29) is 5.41 Å². The molecule has 3 aliphatic heterocycles. The number of rotatable bonds is 8. The molecule has 8 nitrogen and oxygen atoms in total. The predicted octanol–water partition coefficient (Wildman–Crippen LogP) is 4.46. The lowest BCUT2D eigenvalue weighted by Gasteiger charge is -2.51. The van der Waals surface area contributed by atoms with E-state index in [0.29, 0.717) is 23.2 Å². The van der Waals surface area contributed by atoms with Gasteiger partial charge in [-0.2, -0.15) is 5.26 Å². The topological polar surface area (TPSA) is 80.6 Å². The molecule has 0 bridgehead atoms. The van der Waals surface area contributed by atoms with Crippen LogP contribution < -0.4 is 15.0 Å². The van der Waals surface area contributed by atoms with Crippen LogP contribution in [0.2, 0.25) is 5.02 Å². The molecule has 4 heterocycles. The summed E-state index contributed by atoms with van der Waals surface area (Å²) in [6.45, 7) is 13.4. The summed E-state index contributed by atoms with van der Waals surface area (Å²) in [5.74, 6) is 1.57. The summed E-state index contributed by atoms with van der Waals surface area (Å²) in [6, 6.07) is 19.2. The Bertz CT molecular complexity index is 1400. The Morgan fingerprint density at radius 1 is 0.952 bits per heavy atom. The molecule has 0 unspecified atom stereocenters. The first-order chi connectivity index (χ1) is 20.4. The van der Waals surface area contributed by atoms with Crippen LogP contribution >= 0.6 is 11.6 Å². The van der Waals surface area contributed by atoms with Gasteiger partial charge >= 0.3 is 0 Å². The molecule has 1 aromatic heterocycles. The highest BCUT2D eigenvalue weighted by atomic mass is 35.5. The molecule has 0 saturated carbocycles. The third-order valence-corrected chi connectivity index (χ3v) is 9.46. The van der Waals surface area contributed by atoms with E-state index in [2.05, 4.69) is 57.0 Å². The summed E-state index contributed by atoms with van der Waals surface area (Å²) >= 11 is 6.27. The van der Waals surface area contributed by atoms with Gasteiger partial charge in [0.25, 0.3) is 0 Å². The number of halogens is 1. The number of aromatic nitrogens is 2. The lowest BCUT2D eigenvalue weighted by atomic mass is 9.78. The van der Waals surface area contributed by atoms with Gasteiger partial charge < -0.3 is 15.0 Å². The Morgan fingerprint density at radius 2 is 1.69 bits per heavy atom. The molecule has 1 N–H and O–H groups in total. The summed E-state index contributed by atoms with van der Waals surface area (Å²) < 4.78 is 6.10. The number of piperidine rings is 1. The van der Waals surface area contributed by atoms with Crippen LogP contribution in [0.3, 0.4) is 0 Å². The summed E-state index contributed by atoms with van der Waals surface area (Å²) in [5, 5.41) is 13.4. The van der Waals surface area contributed by atoms with Gasteiger partial charge in [0.2, 0.25) is 5.95 Å². The van der Waals surface area contributed by atoms with Crippen molar-refractivity contribution in [3.05, 3.63) is 82.1 Å². The van der Waals surface area contributed by atoms with Crippen molar-refractivity contribution in [1.82, 2.24) is 25.1 Å². The van der Waals surface area contributed by atoms with Gasteiger partial charge in [0.05, 0.1) is 17.3 Å². The van der Waals surface area contributed by atoms with Crippen LogP contribution in [0, 0.1) is 11.3 Å². The number of piperazine rings is 1. The van der Waals surface area contributed by atoms with Gasteiger partial charge in [-0.15, -0.1) is 0 Å². The Labute approximate surface area is 254 Å². The second kappa shape index (κ2) is 12.6. The minimum absolute atomic E-state index is 0.314. The van der Waals surface area contributed by atoms with Crippen LogP contribution in [0.4, 0.5) is 5.95 Å². The lowest BCUT2D eigenvalue weighted by molar-refractivity contribution is -0.00594. The highest BCUT2D eigenvalue weighted by Crippen LogP contribution is 2.34. The van der Waals surface area contributed by atoms with Crippen molar-refractivity contribution in [3.8, 4) is 11.8 Å². The fourth-order valence-corrected chi connectivity index (χ4v) is 6.64. The first-order valence-electron chi connectivity index (χ1n) is 15.1. The third kappa shape index (κ3) is 6.40. The highest BCUT2D eigenvalue weighted by molar-refractivity contribution is 6.30. The zero-order valence-corrected chi connectivity index (χ0v) is 25.4. The minimum Gasteiger partial charge on any atom is -0.487 e. The van der Waals surface area contributed by atoms with Gasteiger partial charge in [0, 0.05) is 68.0 Å². The molecule has 0 aliphatic carbocycles. The molecule has 3 saturated heterocycles. The number of nitrogens with zero attached hydrogens (tertiary/aromatic N) is 6. The van der Waals surface area contributed by atoms with E-state index >= 15 is 0 Å². The van der Waals surface area contributed by atoms with Gasteiger partial charge in [-0.05, 0) is 73.5 Å². The predicted molar refractivity (Wildman–Crippen MR) is 166 cm³/mol. The zero-order valence-electron chi connectivity index (χ0n) is 24.6. The molecule has 220 valence electrons. The largest absolute Gasteiger partial charge is 0.487 e. The first kappa shape index (κ1) is 28.9. The summed E-state index contributed by atoms with van der Waals surface area (Å²) in [7, 11) is 0. The van der Waals surface area contributed by atoms with E-state index in [0.717, 1.165) is 73.8 Å². The van der Waals surface area contributed by atoms with E-state index in [9.17, 15) is 5.26 Å². The normalized spacial score (nSPS) is 19.3. The highest BCUT2D eigenvalue weighted by Gasteiger charge is 2.37. The van der Waals surface area contributed by atoms with Crippen LogP contribution in [-0.4, -0.2) is 84.2 Å². The molecular formula is C33H40ClN7O. The molecular weight excluding hydrogens is 546 g/mol. The number of nitriles is 1. The summed E-state index contributed by atoms with van der Waals surface area (Å²) in [5.41, 5.74) is 3.23. The second-order valence-electron chi connectivity index (χ2n) is 12.2. The molecule has 9 heteroatoms. The molecule has 0 amide bonds. The number of hydrogen-bond acceptors (Lipinski definition) is 8. The fraction of sp³-hybridized carbons (Fsp3) is 0.485. The van der Waals surface area contributed by atoms with Gasteiger partial charge in [0.15, 0.2) is 0 Å². The number of ether oxygens (including phenoxy) is 1. The maximum atomic E-state index is 9.35. The van der Waals surface area contributed by atoms with Crippen molar-refractivity contribution in [1.29, 1.82) is 5.26 Å². The third-order valence-electron chi connectivity index (χ3n) is 9.24. The van der Waals surface area contributed by atoms with Gasteiger partial charge in [0.1, 0.15) is 12.4 Å². The first-order valence-corrected chi connectivity index (χ1v) is 15.5. The zero-order chi connectivity index (χ0) is 29.1. The fourth-order valence-electron chi connectivity index (χ4n) is 6.40. The van der Waals surface area contributed by atoms with E-state index in [1.54, 1.807) is 6.07 Å². The Morgan fingerprint density at radius 3 is 2.40 bits per heavy atom. The SMILES string of the molecule is CC(C)(c1ccc(OCc2ccnc(N3CCN(C4CN(C5CCNCC5)C4)CC3)n2)cc1)c1cc(Cl)cc(C#N)c1. The van der Waals surface area contributed by atoms with Crippen molar-refractivity contribution in [2.45, 2.75) is 50.8 Å². The standard InChI is InChI=1S/C33H40ClN7O/c1-33(2,26-17-24(20-35)18-27(34)19-26)25-3-5-31(6-4-25)42-23-28-7-12-37-32(38-28)40-15-13-39(14-16-40)30-21-41(22-30)29-8-10-36-11-9-29/h3-7,12,17-19,29-30,36H,8-11,13-16,21-23H2,1-2H3. The van der Waals surface area contributed by atoms with Crippen molar-refractivity contribution >= 4 is 17.5 Å². The Kier molecular flexibility index (Phi) is 8.64. The number of nitrogens with one attached hydrogen (secondary N) is 1. The maximum Gasteiger partial charge on any atom is 0.225 e. The van der Waals surface area contributed by atoms with E-state index in [4.69, 9.17) is 21.3 Å². The van der Waals surface area contributed by atoms with Crippen LogP contribution in [0.1, 0.15) is 49.1 Å². The van der Waals surface area contributed by atoms with Gasteiger partial charge in [-0.25, -0.2) is 9.97 Å². The molecule has 2 aromatic carbocycles. The molecule has 0 atom stereocenters. The summed E-state index contributed by atoms with van der Waals surface area (Å²) in [4.78, 5) is 17.0.